The summed E-state index contributed by atoms with van der Waals surface area (Å²) in [5.41, 5.74) is 0. The number of methoxy groups -OCH3 is 1. The van der Waals surface area contributed by atoms with Crippen LogP contribution < -0.4 is 0 Å². The van der Waals surface area contributed by atoms with Crippen molar-refractivity contribution < 1.29 is 23.9 Å². The van der Waals surface area contributed by atoms with Gasteiger partial charge in [-0.1, -0.05) is 58.3 Å². The zero-order chi connectivity index (χ0) is 19.8. The molecule has 0 N–H and O–H groups in total. The number of rotatable bonds is 14. The molecule has 7 nitrogen and oxygen atoms in total. The molecule has 7 heteroatoms. The number of esters is 1. The van der Waals surface area contributed by atoms with Gasteiger partial charge in [-0.2, -0.15) is 0 Å². The first-order chi connectivity index (χ1) is 12.4. The highest BCUT2D eigenvalue weighted by atomic mass is 16.5. The fourth-order valence-electron chi connectivity index (χ4n) is 2.47. The maximum atomic E-state index is 11.9. The summed E-state index contributed by atoms with van der Waals surface area (Å²) in [5, 5.41) is 0. The Morgan fingerprint density at radius 2 is 1.31 bits per heavy atom. The molecule has 152 valence electrons. The van der Waals surface area contributed by atoms with Crippen LogP contribution in [0.3, 0.4) is 0 Å². The molecule has 0 aliphatic carbocycles. The molecule has 0 fully saturated rings. The van der Waals surface area contributed by atoms with Crippen molar-refractivity contribution in [1.82, 2.24) is 9.80 Å². The summed E-state index contributed by atoms with van der Waals surface area (Å²) in [6.45, 7) is 2.34. The van der Waals surface area contributed by atoms with Gasteiger partial charge in [0.15, 0.2) is 0 Å². The lowest BCUT2D eigenvalue weighted by atomic mass is 10.1. The van der Waals surface area contributed by atoms with E-state index in [0.717, 1.165) is 17.7 Å². The van der Waals surface area contributed by atoms with E-state index in [1.165, 1.54) is 71.1 Å². The number of unbranched alkanes of at least 4 members (excludes halogenated alkanes) is 8. The van der Waals surface area contributed by atoms with Crippen molar-refractivity contribution in [3.8, 4) is 0 Å². The number of amides is 2. The number of likely N-dealkylation sites (N-methyl/N-ethyl adjacent to an activating group) is 2. The normalized spacial score (nSPS) is 10.3. The van der Waals surface area contributed by atoms with Crippen LogP contribution in [-0.2, 0) is 19.1 Å². The molecule has 0 radical (unpaired) electrons. The second kappa shape index (κ2) is 15.5. The third-order valence-electron chi connectivity index (χ3n) is 4.16. The van der Waals surface area contributed by atoms with Gasteiger partial charge < -0.3 is 19.3 Å². The Hall–Kier alpha value is -1.79. The number of carbonyl (C=O) groups excluding carboxylic acids is 3. The zero-order valence-electron chi connectivity index (χ0n) is 16.9. The van der Waals surface area contributed by atoms with Crippen LogP contribution >= 0.6 is 0 Å². The van der Waals surface area contributed by atoms with E-state index >= 15 is 0 Å². The molecule has 0 aliphatic rings. The SMILES string of the molecule is CCCCCCCCCCCOC(=O)CN(C)C(=O)CN(C)C(=O)OC. The maximum absolute atomic E-state index is 11.9. The Morgan fingerprint density at radius 3 is 1.85 bits per heavy atom. The highest BCUT2D eigenvalue weighted by molar-refractivity contribution is 5.85. The molecule has 0 saturated heterocycles. The van der Waals surface area contributed by atoms with Crippen molar-refractivity contribution in [1.29, 1.82) is 0 Å². The van der Waals surface area contributed by atoms with Crippen molar-refractivity contribution >= 4 is 18.0 Å². The van der Waals surface area contributed by atoms with Gasteiger partial charge in [-0.05, 0) is 6.42 Å². The summed E-state index contributed by atoms with van der Waals surface area (Å²) in [5.74, 6) is -0.779. The van der Waals surface area contributed by atoms with Crippen molar-refractivity contribution in [2.75, 3.05) is 40.9 Å². The van der Waals surface area contributed by atoms with Crippen molar-refractivity contribution in [2.24, 2.45) is 0 Å². The molecule has 0 aliphatic heterocycles. The highest BCUT2D eigenvalue weighted by Crippen LogP contribution is 2.09. The molecule has 0 spiro atoms. The fraction of sp³-hybridized carbons (Fsp3) is 0.842. The lowest BCUT2D eigenvalue weighted by Gasteiger charge is -2.20. The molecule has 0 unspecified atom stereocenters. The molecule has 0 bridgehead atoms. The van der Waals surface area contributed by atoms with E-state index in [0.29, 0.717) is 6.61 Å². The largest absolute Gasteiger partial charge is 0.464 e. The van der Waals surface area contributed by atoms with Crippen molar-refractivity contribution in [3.63, 3.8) is 0 Å². The monoisotopic (exact) mass is 372 g/mol. The van der Waals surface area contributed by atoms with Crippen LogP contribution in [0.1, 0.15) is 64.7 Å². The van der Waals surface area contributed by atoms with E-state index in [1.54, 1.807) is 0 Å². The van der Waals surface area contributed by atoms with E-state index in [2.05, 4.69) is 11.7 Å². The summed E-state index contributed by atoms with van der Waals surface area (Å²) in [6.07, 6.45) is 10.2. The Kier molecular flexibility index (Phi) is 14.4. The predicted molar refractivity (Wildman–Crippen MR) is 101 cm³/mol. The van der Waals surface area contributed by atoms with Gasteiger partial charge in [-0.25, -0.2) is 4.79 Å². The first kappa shape index (κ1) is 24.2. The van der Waals surface area contributed by atoms with Gasteiger partial charge in [0.2, 0.25) is 5.91 Å². The standard InChI is InChI=1S/C19H36N2O5/c1-5-6-7-8-9-10-11-12-13-14-26-18(23)16-20(2)17(22)15-21(3)19(24)25-4/h5-16H2,1-4H3. The van der Waals surface area contributed by atoms with Crippen LogP contribution in [0.4, 0.5) is 4.79 Å². The highest BCUT2D eigenvalue weighted by Gasteiger charge is 2.18. The lowest BCUT2D eigenvalue weighted by molar-refractivity contribution is -0.148. The van der Waals surface area contributed by atoms with Crippen LogP contribution in [0.2, 0.25) is 0 Å². The summed E-state index contributed by atoms with van der Waals surface area (Å²) >= 11 is 0. The minimum Gasteiger partial charge on any atom is -0.464 e. The van der Waals surface area contributed by atoms with E-state index in [4.69, 9.17) is 4.74 Å². The van der Waals surface area contributed by atoms with E-state index in [1.807, 2.05) is 0 Å². The van der Waals surface area contributed by atoms with Gasteiger partial charge in [0.25, 0.3) is 0 Å². The van der Waals surface area contributed by atoms with Gasteiger partial charge in [0, 0.05) is 14.1 Å². The third kappa shape index (κ3) is 12.6. The molecule has 0 aromatic carbocycles. The molecule has 2 amide bonds. The van der Waals surface area contributed by atoms with Gasteiger partial charge in [0.1, 0.15) is 13.1 Å². The minimum atomic E-state index is -0.598. The predicted octanol–water partition coefficient (Wildman–Crippen LogP) is 3.22. The molecule has 0 rings (SSSR count). The molecule has 0 atom stereocenters. The van der Waals surface area contributed by atoms with Gasteiger partial charge in [-0.3, -0.25) is 9.59 Å². The van der Waals surface area contributed by atoms with Gasteiger partial charge >= 0.3 is 12.1 Å². The minimum absolute atomic E-state index is 0.120. The Morgan fingerprint density at radius 1 is 0.769 bits per heavy atom. The van der Waals surface area contributed by atoms with Crippen molar-refractivity contribution in [2.45, 2.75) is 64.7 Å². The number of carbonyl (C=O) groups is 3. The molecule has 26 heavy (non-hydrogen) atoms. The smallest absolute Gasteiger partial charge is 0.409 e. The number of nitrogens with zero attached hydrogens (tertiary/aromatic N) is 2. The molecule has 0 saturated carbocycles. The third-order valence-corrected chi connectivity index (χ3v) is 4.16. The van der Waals surface area contributed by atoms with E-state index in [9.17, 15) is 14.4 Å². The second-order valence-electron chi connectivity index (χ2n) is 6.62. The first-order valence-corrected chi connectivity index (χ1v) is 9.61. The van der Waals surface area contributed by atoms with Gasteiger partial charge in [0.05, 0.1) is 13.7 Å². The van der Waals surface area contributed by atoms with E-state index in [-0.39, 0.29) is 19.0 Å². The Bertz CT molecular complexity index is 415. The Balaban J connectivity index is 3.69. The van der Waals surface area contributed by atoms with Crippen LogP contribution in [0.25, 0.3) is 0 Å². The summed E-state index contributed by atoms with van der Waals surface area (Å²) in [7, 11) is 4.21. The summed E-state index contributed by atoms with van der Waals surface area (Å²) < 4.78 is 9.67. The topological polar surface area (TPSA) is 76.2 Å². The quantitative estimate of drug-likeness (QED) is 0.346. The molecular weight excluding hydrogens is 336 g/mol. The summed E-state index contributed by atoms with van der Waals surface area (Å²) in [6, 6.07) is 0. The fourth-order valence-corrected chi connectivity index (χ4v) is 2.47. The van der Waals surface area contributed by atoms with Gasteiger partial charge in [-0.15, -0.1) is 0 Å². The average Bonchev–Trinajstić information content (AvgIpc) is 2.62. The van der Waals surface area contributed by atoms with Crippen LogP contribution in [0, 0.1) is 0 Å². The lowest BCUT2D eigenvalue weighted by Crippen LogP contribution is -2.41. The number of hydrogen-bond acceptors (Lipinski definition) is 5. The first-order valence-electron chi connectivity index (χ1n) is 9.61. The zero-order valence-corrected chi connectivity index (χ0v) is 16.9. The average molecular weight is 373 g/mol. The Labute approximate surface area is 158 Å². The molecule has 0 aromatic heterocycles. The van der Waals surface area contributed by atoms with Crippen molar-refractivity contribution in [3.05, 3.63) is 0 Å². The van der Waals surface area contributed by atoms with Crippen LogP contribution in [0.15, 0.2) is 0 Å². The maximum Gasteiger partial charge on any atom is 0.409 e. The number of hydrogen-bond donors (Lipinski definition) is 0. The molecule has 0 heterocycles. The summed E-state index contributed by atoms with van der Waals surface area (Å²) in [4.78, 5) is 37.3. The van der Waals surface area contributed by atoms with E-state index < -0.39 is 12.1 Å². The molecule has 0 aromatic rings. The molecular formula is C19H36N2O5. The van der Waals surface area contributed by atoms with Crippen LogP contribution in [0.5, 0.6) is 0 Å². The second-order valence-corrected chi connectivity index (χ2v) is 6.62. The number of ether oxygens (including phenoxy) is 2. The van der Waals surface area contributed by atoms with Crippen LogP contribution in [-0.4, -0.2) is 68.7 Å².